The first-order valence-electron chi connectivity index (χ1n) is 6.27. The molecule has 1 aliphatic carbocycles. The second-order valence-corrected chi connectivity index (χ2v) is 6.60. The van der Waals surface area contributed by atoms with Crippen molar-refractivity contribution in [1.82, 2.24) is 4.72 Å². The molecule has 2 atom stereocenters. The normalized spacial score (nSPS) is 25.0. The van der Waals surface area contributed by atoms with Crippen LogP contribution >= 0.6 is 0 Å². The van der Waals surface area contributed by atoms with Crippen LogP contribution in [0.4, 0.5) is 4.39 Å². The van der Waals surface area contributed by atoms with E-state index in [1.807, 2.05) is 6.92 Å². The van der Waals surface area contributed by atoms with Crippen molar-refractivity contribution in [2.75, 3.05) is 0 Å². The zero-order valence-corrected chi connectivity index (χ0v) is 11.2. The third kappa shape index (κ3) is 2.90. The summed E-state index contributed by atoms with van der Waals surface area (Å²) in [5.41, 5.74) is 0. The molecule has 0 aromatic heterocycles. The van der Waals surface area contributed by atoms with Crippen molar-refractivity contribution in [1.29, 1.82) is 0 Å². The highest BCUT2D eigenvalue weighted by Gasteiger charge is 2.27. The van der Waals surface area contributed by atoms with Crippen LogP contribution in [0.15, 0.2) is 29.2 Å². The molecule has 0 saturated heterocycles. The van der Waals surface area contributed by atoms with Crippen molar-refractivity contribution in [3.63, 3.8) is 0 Å². The van der Waals surface area contributed by atoms with Gasteiger partial charge in [-0.15, -0.1) is 0 Å². The van der Waals surface area contributed by atoms with E-state index in [9.17, 15) is 12.8 Å². The maximum Gasteiger partial charge on any atom is 0.243 e. The fourth-order valence-electron chi connectivity index (χ4n) is 2.42. The highest BCUT2D eigenvalue weighted by atomic mass is 32.2. The Balaban J connectivity index is 2.19. The summed E-state index contributed by atoms with van der Waals surface area (Å²) in [4.78, 5) is -0.261. The van der Waals surface area contributed by atoms with Crippen LogP contribution in [-0.4, -0.2) is 14.5 Å². The van der Waals surface area contributed by atoms with Crippen LogP contribution in [0.25, 0.3) is 0 Å². The summed E-state index contributed by atoms with van der Waals surface area (Å²) in [6, 6.07) is 5.40. The summed E-state index contributed by atoms with van der Waals surface area (Å²) >= 11 is 0. The first-order chi connectivity index (χ1) is 8.50. The Labute approximate surface area is 107 Å². The van der Waals surface area contributed by atoms with Crippen LogP contribution in [0.5, 0.6) is 0 Å². The van der Waals surface area contributed by atoms with Gasteiger partial charge in [0.25, 0.3) is 0 Å². The summed E-state index contributed by atoms with van der Waals surface area (Å²) in [6.45, 7) is 2.04. The molecule has 3 nitrogen and oxygen atoms in total. The largest absolute Gasteiger partial charge is 0.243 e. The van der Waals surface area contributed by atoms with Gasteiger partial charge in [0.1, 0.15) is 10.7 Å². The number of nitrogens with one attached hydrogen (secondary N) is 1. The van der Waals surface area contributed by atoms with E-state index in [2.05, 4.69) is 4.72 Å². The van der Waals surface area contributed by atoms with Gasteiger partial charge in [-0.25, -0.2) is 17.5 Å². The molecule has 5 heteroatoms. The van der Waals surface area contributed by atoms with Gasteiger partial charge in [-0.2, -0.15) is 0 Å². The number of halogens is 1. The van der Waals surface area contributed by atoms with Crippen LogP contribution in [-0.2, 0) is 10.0 Å². The van der Waals surface area contributed by atoms with Crippen molar-refractivity contribution in [2.45, 2.75) is 43.5 Å². The molecule has 0 radical (unpaired) electrons. The van der Waals surface area contributed by atoms with Crippen molar-refractivity contribution < 1.29 is 12.8 Å². The van der Waals surface area contributed by atoms with E-state index in [0.717, 1.165) is 25.7 Å². The third-order valence-electron chi connectivity index (χ3n) is 3.54. The molecule has 2 unspecified atom stereocenters. The standard InChI is InChI=1S/C13H18FNO2S/c1-10-6-2-4-8-12(10)15-18(16,17)13-9-5-3-7-11(13)14/h3,5,7,9-10,12,15H,2,4,6,8H2,1H3. The average molecular weight is 271 g/mol. The first kappa shape index (κ1) is 13.5. The SMILES string of the molecule is CC1CCCCC1NS(=O)(=O)c1ccccc1F. The van der Waals surface area contributed by atoms with Gasteiger partial charge in [0, 0.05) is 6.04 Å². The lowest BCUT2D eigenvalue weighted by Crippen LogP contribution is -2.41. The van der Waals surface area contributed by atoms with Crippen molar-refractivity contribution in [2.24, 2.45) is 5.92 Å². The van der Waals surface area contributed by atoms with Crippen LogP contribution in [0, 0.1) is 11.7 Å². The average Bonchev–Trinajstić information content (AvgIpc) is 2.32. The Morgan fingerprint density at radius 1 is 1.22 bits per heavy atom. The van der Waals surface area contributed by atoms with Crippen molar-refractivity contribution in [3.8, 4) is 0 Å². The number of benzene rings is 1. The second kappa shape index (κ2) is 5.36. The zero-order chi connectivity index (χ0) is 13.2. The Bertz CT molecular complexity index is 515. The van der Waals surface area contributed by atoms with Crippen LogP contribution < -0.4 is 4.72 Å². The summed E-state index contributed by atoms with van der Waals surface area (Å²) in [5, 5.41) is 0. The Hall–Kier alpha value is -0.940. The molecule has 1 N–H and O–H groups in total. The second-order valence-electron chi connectivity index (χ2n) is 4.92. The number of hydrogen-bond acceptors (Lipinski definition) is 2. The van der Waals surface area contributed by atoms with Gasteiger partial charge in [-0.05, 0) is 30.9 Å². The van der Waals surface area contributed by atoms with Gasteiger partial charge >= 0.3 is 0 Å². The minimum Gasteiger partial charge on any atom is -0.208 e. The summed E-state index contributed by atoms with van der Waals surface area (Å²) in [5.74, 6) is -0.395. The monoisotopic (exact) mass is 271 g/mol. The van der Waals surface area contributed by atoms with Gasteiger partial charge in [-0.1, -0.05) is 31.9 Å². The van der Waals surface area contributed by atoms with Crippen LogP contribution in [0.3, 0.4) is 0 Å². The third-order valence-corrected chi connectivity index (χ3v) is 5.07. The van der Waals surface area contributed by atoms with Gasteiger partial charge < -0.3 is 0 Å². The fraction of sp³-hybridized carbons (Fsp3) is 0.538. The maximum atomic E-state index is 13.5. The van der Waals surface area contributed by atoms with Gasteiger partial charge in [0.2, 0.25) is 10.0 Å². The van der Waals surface area contributed by atoms with E-state index in [-0.39, 0.29) is 10.9 Å². The molecule has 0 bridgehead atoms. The van der Waals surface area contributed by atoms with E-state index in [4.69, 9.17) is 0 Å². The molecular weight excluding hydrogens is 253 g/mol. The van der Waals surface area contributed by atoms with Gasteiger partial charge in [0.15, 0.2) is 0 Å². The predicted molar refractivity (Wildman–Crippen MR) is 68.1 cm³/mol. The predicted octanol–water partition coefficient (Wildman–Crippen LogP) is 2.68. The van der Waals surface area contributed by atoms with Gasteiger partial charge in [-0.3, -0.25) is 0 Å². The molecule has 0 spiro atoms. The summed E-state index contributed by atoms with van der Waals surface area (Å²) in [6.07, 6.45) is 4.01. The molecule has 0 amide bonds. The van der Waals surface area contributed by atoms with Gasteiger partial charge in [0.05, 0.1) is 0 Å². The fourth-order valence-corrected chi connectivity index (χ4v) is 3.87. The first-order valence-corrected chi connectivity index (χ1v) is 7.76. The molecule has 1 saturated carbocycles. The quantitative estimate of drug-likeness (QED) is 0.918. The lowest BCUT2D eigenvalue weighted by atomic mass is 9.87. The highest BCUT2D eigenvalue weighted by Crippen LogP contribution is 2.25. The molecule has 0 heterocycles. The Kier molecular flexibility index (Phi) is 4.02. The number of hydrogen-bond donors (Lipinski definition) is 1. The molecule has 1 aromatic rings. The summed E-state index contributed by atoms with van der Waals surface area (Å²) < 4.78 is 40.4. The topological polar surface area (TPSA) is 46.2 Å². The van der Waals surface area contributed by atoms with E-state index in [1.165, 1.54) is 24.3 Å². The van der Waals surface area contributed by atoms with E-state index in [0.29, 0.717) is 5.92 Å². The molecule has 18 heavy (non-hydrogen) atoms. The maximum absolute atomic E-state index is 13.5. The molecular formula is C13H18FNO2S. The minimum absolute atomic E-state index is 0.0802. The lowest BCUT2D eigenvalue weighted by Gasteiger charge is -2.29. The van der Waals surface area contributed by atoms with Crippen molar-refractivity contribution >= 4 is 10.0 Å². The lowest BCUT2D eigenvalue weighted by molar-refractivity contribution is 0.310. The van der Waals surface area contributed by atoms with E-state index < -0.39 is 15.8 Å². The zero-order valence-electron chi connectivity index (χ0n) is 10.4. The molecule has 100 valence electrons. The molecule has 1 fully saturated rings. The van der Waals surface area contributed by atoms with Crippen LogP contribution in [0.1, 0.15) is 32.6 Å². The smallest absolute Gasteiger partial charge is 0.208 e. The molecule has 1 aromatic carbocycles. The van der Waals surface area contributed by atoms with Crippen LogP contribution in [0.2, 0.25) is 0 Å². The van der Waals surface area contributed by atoms with E-state index in [1.54, 1.807) is 0 Å². The minimum atomic E-state index is -3.75. The molecule has 1 aliphatic rings. The Morgan fingerprint density at radius 3 is 2.56 bits per heavy atom. The highest BCUT2D eigenvalue weighted by molar-refractivity contribution is 7.89. The Morgan fingerprint density at radius 2 is 1.89 bits per heavy atom. The molecule has 2 rings (SSSR count). The summed E-state index contributed by atoms with van der Waals surface area (Å²) in [7, 11) is -3.75. The molecule has 0 aliphatic heterocycles. The van der Waals surface area contributed by atoms with E-state index >= 15 is 0 Å². The number of rotatable bonds is 3. The van der Waals surface area contributed by atoms with Crippen molar-refractivity contribution in [3.05, 3.63) is 30.1 Å². The number of sulfonamides is 1.